The molecule has 2 rings (SSSR count). The number of aliphatic hydroxyl groups excluding tert-OH is 1. The van der Waals surface area contributed by atoms with E-state index in [1.807, 2.05) is 0 Å². The molecule has 1 heterocycles. The van der Waals surface area contributed by atoms with Crippen LogP contribution in [0.2, 0.25) is 0 Å². The Hall–Kier alpha value is -0.0800. The lowest BCUT2D eigenvalue weighted by molar-refractivity contribution is 0.00978. The Bertz CT molecular complexity index is 213. The summed E-state index contributed by atoms with van der Waals surface area (Å²) in [6.45, 7) is 6.44. The zero-order valence-corrected chi connectivity index (χ0v) is 10.1. The summed E-state index contributed by atoms with van der Waals surface area (Å²) in [5.41, 5.74) is 0. The summed E-state index contributed by atoms with van der Waals surface area (Å²) in [5.74, 6) is 1.63. The van der Waals surface area contributed by atoms with E-state index < -0.39 is 0 Å². The third kappa shape index (κ3) is 2.21. The highest BCUT2D eigenvalue weighted by Gasteiger charge is 2.41. The molecule has 0 amide bonds. The maximum atomic E-state index is 10.3. The Labute approximate surface area is 93.0 Å². The van der Waals surface area contributed by atoms with Crippen molar-refractivity contribution in [3.05, 3.63) is 0 Å². The highest BCUT2D eigenvalue weighted by molar-refractivity contribution is 4.89. The molecule has 1 aliphatic carbocycles. The van der Waals surface area contributed by atoms with E-state index in [1.54, 1.807) is 0 Å². The van der Waals surface area contributed by atoms with Gasteiger partial charge >= 0.3 is 0 Å². The molecule has 2 fully saturated rings. The van der Waals surface area contributed by atoms with E-state index >= 15 is 0 Å². The molecule has 0 spiro atoms. The molecule has 15 heavy (non-hydrogen) atoms. The lowest BCUT2D eigenvalue weighted by Crippen LogP contribution is -2.33. The van der Waals surface area contributed by atoms with Crippen LogP contribution in [0.1, 0.15) is 46.5 Å². The third-order valence-electron chi connectivity index (χ3n) is 4.56. The predicted octanol–water partition coefficient (Wildman–Crippen LogP) is 2.60. The smallest absolute Gasteiger partial charge is 0.0607 e. The van der Waals surface area contributed by atoms with Gasteiger partial charge in [-0.15, -0.1) is 0 Å². The van der Waals surface area contributed by atoms with Crippen molar-refractivity contribution in [3.8, 4) is 0 Å². The van der Waals surface area contributed by atoms with E-state index in [0.717, 1.165) is 12.3 Å². The lowest BCUT2D eigenvalue weighted by Gasteiger charge is -2.32. The van der Waals surface area contributed by atoms with Gasteiger partial charge in [0.15, 0.2) is 0 Å². The fourth-order valence-corrected chi connectivity index (χ4v) is 3.18. The molecule has 88 valence electrons. The van der Waals surface area contributed by atoms with Gasteiger partial charge in [0.05, 0.1) is 18.3 Å². The summed E-state index contributed by atoms with van der Waals surface area (Å²) < 4.78 is 5.78. The van der Waals surface area contributed by atoms with Crippen LogP contribution in [0.3, 0.4) is 0 Å². The van der Waals surface area contributed by atoms with Crippen molar-refractivity contribution in [2.24, 2.45) is 17.8 Å². The highest BCUT2D eigenvalue weighted by atomic mass is 16.5. The summed E-state index contributed by atoms with van der Waals surface area (Å²) >= 11 is 0. The number of aliphatic hydroxyl groups is 1. The van der Waals surface area contributed by atoms with E-state index in [2.05, 4.69) is 20.8 Å². The van der Waals surface area contributed by atoms with Gasteiger partial charge in [-0.1, -0.05) is 26.2 Å². The van der Waals surface area contributed by atoms with Crippen LogP contribution in [-0.2, 0) is 4.74 Å². The van der Waals surface area contributed by atoms with Crippen LogP contribution >= 0.6 is 0 Å². The van der Waals surface area contributed by atoms with Gasteiger partial charge < -0.3 is 9.84 Å². The number of ether oxygens (including phenoxy) is 1. The molecule has 5 atom stereocenters. The SMILES string of the molecule is CC1OC(C)C(C(O)CC2CCC2)C1C. The predicted molar refractivity (Wildman–Crippen MR) is 60.6 cm³/mol. The second-order valence-corrected chi connectivity index (χ2v) is 5.58. The zero-order valence-electron chi connectivity index (χ0n) is 10.1. The average molecular weight is 212 g/mol. The molecular weight excluding hydrogens is 188 g/mol. The van der Waals surface area contributed by atoms with Crippen LogP contribution in [-0.4, -0.2) is 23.4 Å². The van der Waals surface area contributed by atoms with E-state index in [9.17, 15) is 5.11 Å². The first-order valence-corrected chi connectivity index (χ1v) is 6.43. The average Bonchev–Trinajstić information content (AvgIpc) is 2.34. The molecular formula is C13H24O2. The first-order chi connectivity index (χ1) is 7.09. The van der Waals surface area contributed by atoms with Crippen molar-refractivity contribution < 1.29 is 9.84 Å². The largest absolute Gasteiger partial charge is 0.393 e. The summed E-state index contributed by atoms with van der Waals surface area (Å²) in [4.78, 5) is 0. The van der Waals surface area contributed by atoms with Gasteiger partial charge in [0.25, 0.3) is 0 Å². The summed E-state index contributed by atoms with van der Waals surface area (Å²) in [5, 5.41) is 10.3. The topological polar surface area (TPSA) is 29.5 Å². The monoisotopic (exact) mass is 212 g/mol. The van der Waals surface area contributed by atoms with Crippen molar-refractivity contribution in [2.75, 3.05) is 0 Å². The quantitative estimate of drug-likeness (QED) is 0.779. The summed E-state index contributed by atoms with van der Waals surface area (Å²) in [6.07, 6.45) is 5.39. The summed E-state index contributed by atoms with van der Waals surface area (Å²) in [6, 6.07) is 0. The maximum Gasteiger partial charge on any atom is 0.0607 e. The van der Waals surface area contributed by atoms with Gasteiger partial charge in [0.1, 0.15) is 0 Å². The first-order valence-electron chi connectivity index (χ1n) is 6.43. The fourth-order valence-electron chi connectivity index (χ4n) is 3.18. The van der Waals surface area contributed by atoms with Crippen molar-refractivity contribution in [2.45, 2.75) is 64.8 Å². The van der Waals surface area contributed by atoms with Crippen LogP contribution in [0, 0.1) is 17.8 Å². The van der Waals surface area contributed by atoms with Gasteiger partial charge in [0.2, 0.25) is 0 Å². The molecule has 1 aliphatic heterocycles. The molecule has 0 aromatic rings. The molecule has 0 bridgehead atoms. The number of hydrogen-bond donors (Lipinski definition) is 1. The molecule has 1 saturated carbocycles. The minimum absolute atomic E-state index is 0.148. The molecule has 5 unspecified atom stereocenters. The minimum atomic E-state index is -0.148. The van der Waals surface area contributed by atoms with Crippen LogP contribution < -0.4 is 0 Å². The standard InChI is InChI=1S/C13H24O2/c1-8-9(2)15-10(3)13(8)12(14)7-11-5-4-6-11/h8-14H,4-7H2,1-3H3. The Morgan fingerprint density at radius 1 is 1.20 bits per heavy atom. The highest BCUT2D eigenvalue weighted by Crippen LogP contribution is 2.39. The second-order valence-electron chi connectivity index (χ2n) is 5.58. The lowest BCUT2D eigenvalue weighted by atomic mass is 9.76. The van der Waals surface area contributed by atoms with Crippen molar-refractivity contribution in [1.29, 1.82) is 0 Å². The van der Waals surface area contributed by atoms with Crippen LogP contribution in [0.25, 0.3) is 0 Å². The first kappa shape index (κ1) is 11.4. The van der Waals surface area contributed by atoms with Crippen LogP contribution in [0.15, 0.2) is 0 Å². The number of hydrogen-bond acceptors (Lipinski definition) is 2. The molecule has 1 N–H and O–H groups in total. The van der Waals surface area contributed by atoms with Gasteiger partial charge in [-0.3, -0.25) is 0 Å². The third-order valence-corrected chi connectivity index (χ3v) is 4.56. The van der Waals surface area contributed by atoms with E-state index in [0.29, 0.717) is 17.9 Å². The number of rotatable bonds is 3. The fraction of sp³-hybridized carbons (Fsp3) is 1.00. The zero-order chi connectivity index (χ0) is 11.0. The normalized spacial score (nSPS) is 44.0. The summed E-state index contributed by atoms with van der Waals surface area (Å²) in [7, 11) is 0. The van der Waals surface area contributed by atoms with Crippen molar-refractivity contribution in [3.63, 3.8) is 0 Å². The molecule has 2 nitrogen and oxygen atoms in total. The molecule has 0 radical (unpaired) electrons. The van der Waals surface area contributed by atoms with E-state index in [4.69, 9.17) is 4.74 Å². The van der Waals surface area contributed by atoms with Gasteiger partial charge in [0, 0.05) is 5.92 Å². The minimum Gasteiger partial charge on any atom is -0.393 e. The molecule has 2 aliphatic rings. The van der Waals surface area contributed by atoms with E-state index in [1.165, 1.54) is 19.3 Å². The van der Waals surface area contributed by atoms with Gasteiger partial charge in [-0.05, 0) is 32.1 Å². The van der Waals surface area contributed by atoms with Gasteiger partial charge in [-0.25, -0.2) is 0 Å². The molecule has 2 heteroatoms. The van der Waals surface area contributed by atoms with Crippen molar-refractivity contribution >= 4 is 0 Å². The van der Waals surface area contributed by atoms with Gasteiger partial charge in [-0.2, -0.15) is 0 Å². The molecule has 1 saturated heterocycles. The van der Waals surface area contributed by atoms with Crippen LogP contribution in [0.5, 0.6) is 0 Å². The molecule has 0 aromatic heterocycles. The Morgan fingerprint density at radius 3 is 2.27 bits per heavy atom. The van der Waals surface area contributed by atoms with Crippen LogP contribution in [0.4, 0.5) is 0 Å². The Balaban J connectivity index is 1.90. The Morgan fingerprint density at radius 2 is 1.87 bits per heavy atom. The Kier molecular flexibility index (Phi) is 3.36. The molecule has 0 aromatic carbocycles. The van der Waals surface area contributed by atoms with Crippen molar-refractivity contribution in [1.82, 2.24) is 0 Å². The van der Waals surface area contributed by atoms with E-state index in [-0.39, 0.29) is 12.2 Å². The second kappa shape index (κ2) is 4.42. The maximum absolute atomic E-state index is 10.3.